The van der Waals surface area contributed by atoms with Gasteiger partial charge in [0.25, 0.3) is 0 Å². The van der Waals surface area contributed by atoms with E-state index in [0.717, 1.165) is 4.80 Å². The molecule has 2 aromatic rings. The topological polar surface area (TPSA) is 54.6 Å². The molecule has 0 amide bonds. The van der Waals surface area contributed by atoms with Gasteiger partial charge in [-0.05, 0) is 24.6 Å². The number of benzene rings is 1. The van der Waals surface area contributed by atoms with E-state index in [4.69, 9.17) is 5.11 Å². The average Bonchev–Trinajstić information content (AvgIpc) is 2.79. The number of rotatable bonds is 4. The molecule has 0 aliphatic carbocycles. The summed E-state index contributed by atoms with van der Waals surface area (Å²) in [6, 6.07) is 4.33. The van der Waals surface area contributed by atoms with E-state index in [1.165, 1.54) is 23.5 Å². The number of hydrogen-bond donors (Lipinski definition) is 1. The number of halogens is 1. The molecule has 0 radical (unpaired) electrons. The summed E-state index contributed by atoms with van der Waals surface area (Å²) in [7, 11) is 1.87. The SMILES string of the molecule is CCC(C(=O)O)c1cc(N=c2sccn2C)ccc1F. The van der Waals surface area contributed by atoms with E-state index in [9.17, 15) is 9.18 Å². The molecule has 4 nitrogen and oxygen atoms in total. The van der Waals surface area contributed by atoms with Gasteiger partial charge in [0.15, 0.2) is 4.80 Å². The van der Waals surface area contributed by atoms with Crippen LogP contribution in [0, 0.1) is 5.82 Å². The highest BCUT2D eigenvalue weighted by Gasteiger charge is 2.21. The van der Waals surface area contributed by atoms with Gasteiger partial charge in [-0.1, -0.05) is 6.92 Å². The first-order chi connectivity index (χ1) is 9.52. The molecule has 2 rings (SSSR count). The first kappa shape index (κ1) is 14.5. The molecule has 1 heterocycles. The third-order valence-electron chi connectivity index (χ3n) is 3.05. The summed E-state index contributed by atoms with van der Waals surface area (Å²) >= 11 is 1.46. The van der Waals surface area contributed by atoms with Crippen LogP contribution >= 0.6 is 11.3 Å². The van der Waals surface area contributed by atoms with Crippen LogP contribution in [0.25, 0.3) is 0 Å². The van der Waals surface area contributed by atoms with Crippen LogP contribution in [0.1, 0.15) is 24.8 Å². The molecule has 1 unspecified atom stereocenters. The molecule has 1 aromatic carbocycles. The summed E-state index contributed by atoms with van der Waals surface area (Å²) in [5, 5.41) is 11.0. The lowest BCUT2D eigenvalue weighted by atomic mass is 9.96. The second-order valence-electron chi connectivity index (χ2n) is 4.41. The molecule has 0 saturated heterocycles. The molecule has 0 aliphatic heterocycles. The lowest BCUT2D eigenvalue weighted by molar-refractivity contribution is -0.138. The maximum absolute atomic E-state index is 13.8. The van der Waals surface area contributed by atoms with Crippen molar-refractivity contribution in [2.75, 3.05) is 0 Å². The van der Waals surface area contributed by atoms with Gasteiger partial charge in [-0.15, -0.1) is 11.3 Å². The Morgan fingerprint density at radius 3 is 2.85 bits per heavy atom. The minimum atomic E-state index is -1.02. The van der Waals surface area contributed by atoms with Gasteiger partial charge in [0.05, 0.1) is 11.6 Å². The molecule has 0 bridgehead atoms. The van der Waals surface area contributed by atoms with Crippen molar-refractivity contribution in [2.24, 2.45) is 12.0 Å². The van der Waals surface area contributed by atoms with Crippen LogP contribution in [0.4, 0.5) is 10.1 Å². The van der Waals surface area contributed by atoms with E-state index in [1.807, 2.05) is 23.2 Å². The van der Waals surface area contributed by atoms with Crippen LogP contribution in [0.15, 0.2) is 34.8 Å². The third-order valence-corrected chi connectivity index (χ3v) is 3.89. The zero-order valence-electron chi connectivity index (χ0n) is 11.2. The van der Waals surface area contributed by atoms with Crippen molar-refractivity contribution < 1.29 is 14.3 Å². The zero-order valence-corrected chi connectivity index (χ0v) is 12.0. The third kappa shape index (κ3) is 2.96. The Kier molecular flexibility index (Phi) is 4.34. The molecule has 0 saturated carbocycles. The maximum Gasteiger partial charge on any atom is 0.311 e. The van der Waals surface area contributed by atoms with Crippen molar-refractivity contribution in [3.05, 3.63) is 46.0 Å². The first-order valence-electron chi connectivity index (χ1n) is 6.20. The number of aryl methyl sites for hydroxylation is 1. The van der Waals surface area contributed by atoms with Crippen molar-refractivity contribution >= 4 is 23.0 Å². The highest BCUT2D eigenvalue weighted by molar-refractivity contribution is 7.07. The van der Waals surface area contributed by atoms with E-state index in [0.29, 0.717) is 12.1 Å². The van der Waals surface area contributed by atoms with Crippen LogP contribution < -0.4 is 4.80 Å². The molecule has 1 N–H and O–H groups in total. The fourth-order valence-corrected chi connectivity index (χ4v) is 2.69. The molecular weight excluding hydrogens is 279 g/mol. The van der Waals surface area contributed by atoms with Crippen LogP contribution in [-0.4, -0.2) is 15.6 Å². The zero-order chi connectivity index (χ0) is 14.7. The largest absolute Gasteiger partial charge is 0.481 e. The number of thiazole rings is 1. The minimum absolute atomic E-state index is 0.181. The lowest BCUT2D eigenvalue weighted by Crippen LogP contribution is -2.12. The van der Waals surface area contributed by atoms with Crippen molar-refractivity contribution in [3.8, 4) is 0 Å². The Balaban J connectivity index is 2.49. The van der Waals surface area contributed by atoms with E-state index >= 15 is 0 Å². The molecule has 1 aromatic heterocycles. The Hall–Kier alpha value is -1.95. The van der Waals surface area contributed by atoms with E-state index in [2.05, 4.69) is 4.99 Å². The maximum atomic E-state index is 13.8. The molecule has 0 fully saturated rings. The smallest absolute Gasteiger partial charge is 0.311 e. The number of carboxylic acids is 1. The quantitative estimate of drug-likeness (QED) is 0.942. The standard InChI is InChI=1S/C14H15FN2O2S/c1-3-10(13(18)19)11-8-9(4-5-12(11)15)16-14-17(2)6-7-20-14/h4-8,10H,3H2,1-2H3,(H,18,19). The normalized spacial score (nSPS) is 13.4. The molecule has 1 atom stereocenters. The van der Waals surface area contributed by atoms with Gasteiger partial charge >= 0.3 is 5.97 Å². The van der Waals surface area contributed by atoms with Gasteiger partial charge < -0.3 is 9.67 Å². The predicted octanol–water partition coefficient (Wildman–Crippen LogP) is 3.04. The van der Waals surface area contributed by atoms with E-state index in [-0.39, 0.29) is 5.56 Å². The van der Waals surface area contributed by atoms with E-state index in [1.54, 1.807) is 13.0 Å². The fourth-order valence-electron chi connectivity index (χ4n) is 1.94. The summed E-state index contributed by atoms with van der Waals surface area (Å²) in [5.74, 6) is -2.37. The van der Waals surface area contributed by atoms with Gasteiger partial charge in [-0.3, -0.25) is 4.79 Å². The number of aromatic nitrogens is 1. The Morgan fingerprint density at radius 2 is 2.30 bits per heavy atom. The Morgan fingerprint density at radius 1 is 1.55 bits per heavy atom. The monoisotopic (exact) mass is 294 g/mol. The number of aliphatic carboxylic acids is 1. The van der Waals surface area contributed by atoms with Crippen molar-refractivity contribution in [1.82, 2.24) is 4.57 Å². The Labute approximate surface area is 119 Å². The van der Waals surface area contributed by atoms with Gasteiger partial charge in [0.2, 0.25) is 0 Å². The molecule has 0 spiro atoms. The molecule has 0 aliphatic rings. The van der Waals surface area contributed by atoms with Gasteiger partial charge in [-0.2, -0.15) is 0 Å². The second-order valence-corrected chi connectivity index (χ2v) is 5.29. The van der Waals surface area contributed by atoms with Crippen LogP contribution in [0.5, 0.6) is 0 Å². The molecular formula is C14H15FN2O2S. The molecule has 6 heteroatoms. The minimum Gasteiger partial charge on any atom is -0.481 e. The summed E-state index contributed by atoms with van der Waals surface area (Å²) in [5.41, 5.74) is 0.736. The second kappa shape index (κ2) is 6.00. The fraction of sp³-hybridized carbons (Fsp3) is 0.286. The first-order valence-corrected chi connectivity index (χ1v) is 7.08. The molecule has 106 valence electrons. The van der Waals surface area contributed by atoms with Crippen LogP contribution in [-0.2, 0) is 11.8 Å². The van der Waals surface area contributed by atoms with Crippen molar-refractivity contribution in [1.29, 1.82) is 0 Å². The van der Waals surface area contributed by atoms with Crippen molar-refractivity contribution in [3.63, 3.8) is 0 Å². The van der Waals surface area contributed by atoms with Gasteiger partial charge in [0, 0.05) is 24.2 Å². The highest BCUT2D eigenvalue weighted by Crippen LogP contribution is 2.26. The highest BCUT2D eigenvalue weighted by atomic mass is 32.1. The number of hydrogen-bond acceptors (Lipinski definition) is 3. The van der Waals surface area contributed by atoms with E-state index < -0.39 is 17.7 Å². The number of carboxylic acid groups (broad SMARTS) is 1. The average molecular weight is 294 g/mol. The van der Waals surface area contributed by atoms with Crippen LogP contribution in [0.2, 0.25) is 0 Å². The Bertz CT molecular complexity index is 690. The van der Waals surface area contributed by atoms with Gasteiger partial charge in [0.1, 0.15) is 5.82 Å². The summed E-state index contributed by atoms with van der Waals surface area (Å²) in [6.07, 6.45) is 2.21. The molecule has 20 heavy (non-hydrogen) atoms. The summed E-state index contributed by atoms with van der Waals surface area (Å²) in [6.45, 7) is 1.72. The van der Waals surface area contributed by atoms with Crippen LogP contribution in [0.3, 0.4) is 0 Å². The lowest BCUT2D eigenvalue weighted by Gasteiger charge is -2.11. The number of nitrogens with zero attached hydrogens (tertiary/aromatic N) is 2. The summed E-state index contributed by atoms with van der Waals surface area (Å²) in [4.78, 5) is 16.3. The summed E-state index contributed by atoms with van der Waals surface area (Å²) < 4.78 is 15.7. The van der Waals surface area contributed by atoms with Gasteiger partial charge in [-0.25, -0.2) is 9.38 Å². The van der Waals surface area contributed by atoms with Crippen molar-refractivity contribution in [2.45, 2.75) is 19.3 Å². The predicted molar refractivity (Wildman–Crippen MR) is 75.6 cm³/mol. The number of carbonyl (C=O) groups is 1.